The molecule has 0 bridgehead atoms. The first-order valence-corrected chi connectivity index (χ1v) is 8.58. The number of amides is 1. The van der Waals surface area contributed by atoms with Gasteiger partial charge in [0.1, 0.15) is 0 Å². The Labute approximate surface area is 125 Å². The minimum atomic E-state index is 0.0939. The minimum absolute atomic E-state index is 0.0939. The van der Waals surface area contributed by atoms with Crippen LogP contribution in [0.3, 0.4) is 0 Å². The highest BCUT2D eigenvalue weighted by Gasteiger charge is 2.34. The molecule has 3 heteroatoms. The average Bonchev–Trinajstić information content (AvgIpc) is 2.49. The molecular formula is C17H34N2O. The van der Waals surface area contributed by atoms with Crippen molar-refractivity contribution in [3.63, 3.8) is 0 Å². The summed E-state index contributed by atoms with van der Waals surface area (Å²) in [5, 5.41) is 0. The zero-order valence-electron chi connectivity index (χ0n) is 13.8. The van der Waals surface area contributed by atoms with E-state index in [-0.39, 0.29) is 5.41 Å². The van der Waals surface area contributed by atoms with Crippen LogP contribution in [-0.4, -0.2) is 30.4 Å². The lowest BCUT2D eigenvalue weighted by Crippen LogP contribution is -2.42. The predicted octanol–water partition coefficient (Wildman–Crippen LogP) is 3.57. The highest BCUT2D eigenvalue weighted by molar-refractivity contribution is 5.77. The average molecular weight is 282 g/mol. The van der Waals surface area contributed by atoms with Crippen molar-refractivity contribution in [2.24, 2.45) is 17.1 Å². The van der Waals surface area contributed by atoms with Crippen LogP contribution in [0.5, 0.6) is 0 Å². The predicted molar refractivity (Wildman–Crippen MR) is 85.5 cm³/mol. The monoisotopic (exact) mass is 282 g/mol. The van der Waals surface area contributed by atoms with Crippen molar-refractivity contribution in [1.29, 1.82) is 0 Å². The molecule has 1 aliphatic carbocycles. The molecule has 0 radical (unpaired) electrons. The molecule has 0 aromatic rings. The number of nitrogens with two attached hydrogens (primary N) is 1. The molecule has 2 N–H and O–H groups in total. The fourth-order valence-electron chi connectivity index (χ4n) is 3.45. The molecule has 0 aliphatic heterocycles. The van der Waals surface area contributed by atoms with Crippen LogP contribution >= 0.6 is 0 Å². The normalized spacial score (nSPS) is 18.2. The molecule has 20 heavy (non-hydrogen) atoms. The van der Waals surface area contributed by atoms with E-state index < -0.39 is 0 Å². The van der Waals surface area contributed by atoms with Gasteiger partial charge in [-0.05, 0) is 37.6 Å². The molecule has 1 rings (SSSR count). The first kappa shape index (κ1) is 17.5. The smallest absolute Gasteiger partial charge is 0.223 e. The number of carbonyl (C=O) groups excluding carboxylic acids is 1. The molecule has 1 saturated carbocycles. The maximum absolute atomic E-state index is 12.6. The van der Waals surface area contributed by atoms with Crippen LogP contribution in [0.15, 0.2) is 0 Å². The molecule has 0 saturated heterocycles. The lowest BCUT2D eigenvalue weighted by molar-refractivity contribution is -0.134. The van der Waals surface area contributed by atoms with Crippen molar-refractivity contribution in [3.8, 4) is 0 Å². The zero-order chi connectivity index (χ0) is 15.0. The lowest BCUT2D eigenvalue weighted by Gasteiger charge is -2.37. The molecule has 3 nitrogen and oxygen atoms in total. The second-order valence-electron chi connectivity index (χ2n) is 6.56. The Morgan fingerprint density at radius 2 is 1.75 bits per heavy atom. The summed E-state index contributed by atoms with van der Waals surface area (Å²) in [4.78, 5) is 14.7. The van der Waals surface area contributed by atoms with Gasteiger partial charge in [-0.2, -0.15) is 0 Å². The van der Waals surface area contributed by atoms with Gasteiger partial charge in [-0.15, -0.1) is 0 Å². The van der Waals surface area contributed by atoms with E-state index in [1.165, 1.54) is 19.3 Å². The third kappa shape index (κ3) is 4.76. The molecule has 1 amide bonds. The van der Waals surface area contributed by atoms with Gasteiger partial charge in [-0.25, -0.2) is 0 Å². The molecule has 0 heterocycles. The highest BCUT2D eigenvalue weighted by Crippen LogP contribution is 2.38. The molecular weight excluding hydrogens is 248 g/mol. The third-order valence-electron chi connectivity index (χ3n) is 5.24. The Kier molecular flexibility index (Phi) is 7.57. The number of hydrogen-bond acceptors (Lipinski definition) is 2. The van der Waals surface area contributed by atoms with Crippen LogP contribution in [0.2, 0.25) is 0 Å². The van der Waals surface area contributed by atoms with Gasteiger partial charge in [0.15, 0.2) is 0 Å². The summed E-state index contributed by atoms with van der Waals surface area (Å²) in [5.41, 5.74) is 6.10. The van der Waals surface area contributed by atoms with E-state index in [2.05, 4.69) is 25.7 Å². The molecule has 0 atom stereocenters. The molecule has 0 spiro atoms. The minimum Gasteiger partial charge on any atom is -0.343 e. The molecule has 0 unspecified atom stereocenters. The topological polar surface area (TPSA) is 46.3 Å². The van der Waals surface area contributed by atoms with Crippen molar-refractivity contribution >= 4 is 5.91 Å². The standard InChI is InChI=1S/C17H34N2O/c1-4-15(5-2)13-19(6-3)16(20)12-17(14-18)10-8-7-9-11-17/h15H,4-14,18H2,1-3H3. The quantitative estimate of drug-likeness (QED) is 0.740. The van der Waals surface area contributed by atoms with Gasteiger partial charge in [0.2, 0.25) is 5.91 Å². The molecule has 118 valence electrons. The fraction of sp³-hybridized carbons (Fsp3) is 0.941. The molecule has 1 aliphatic rings. The van der Waals surface area contributed by atoms with Gasteiger partial charge >= 0.3 is 0 Å². The fourth-order valence-corrected chi connectivity index (χ4v) is 3.45. The van der Waals surface area contributed by atoms with Crippen LogP contribution in [-0.2, 0) is 4.79 Å². The van der Waals surface area contributed by atoms with E-state index in [0.717, 1.165) is 38.8 Å². The van der Waals surface area contributed by atoms with Gasteiger partial charge in [0, 0.05) is 19.5 Å². The lowest BCUT2D eigenvalue weighted by atomic mass is 9.71. The summed E-state index contributed by atoms with van der Waals surface area (Å²) in [6.45, 7) is 8.94. The largest absolute Gasteiger partial charge is 0.343 e. The van der Waals surface area contributed by atoms with Gasteiger partial charge in [0.05, 0.1) is 0 Å². The SMILES string of the molecule is CCC(CC)CN(CC)C(=O)CC1(CN)CCCCC1. The molecule has 0 aromatic heterocycles. The Bertz CT molecular complexity index is 281. The first-order chi connectivity index (χ1) is 9.60. The van der Waals surface area contributed by atoms with E-state index in [1.54, 1.807) is 0 Å². The van der Waals surface area contributed by atoms with Crippen LogP contribution < -0.4 is 5.73 Å². The van der Waals surface area contributed by atoms with Gasteiger partial charge in [0.25, 0.3) is 0 Å². The Morgan fingerprint density at radius 1 is 1.15 bits per heavy atom. The number of hydrogen-bond donors (Lipinski definition) is 1. The summed E-state index contributed by atoms with van der Waals surface area (Å²) >= 11 is 0. The molecule has 0 aromatic carbocycles. The first-order valence-electron chi connectivity index (χ1n) is 8.58. The Hall–Kier alpha value is -0.570. The third-order valence-corrected chi connectivity index (χ3v) is 5.24. The number of rotatable bonds is 8. The van der Waals surface area contributed by atoms with Crippen molar-refractivity contribution in [1.82, 2.24) is 4.90 Å². The van der Waals surface area contributed by atoms with Gasteiger partial charge in [-0.1, -0.05) is 46.0 Å². The van der Waals surface area contributed by atoms with E-state index in [0.29, 0.717) is 24.8 Å². The zero-order valence-corrected chi connectivity index (χ0v) is 13.8. The van der Waals surface area contributed by atoms with Crippen molar-refractivity contribution in [2.45, 2.75) is 72.1 Å². The van der Waals surface area contributed by atoms with Gasteiger partial charge < -0.3 is 10.6 Å². The summed E-state index contributed by atoms with van der Waals surface area (Å²) in [6.07, 6.45) is 9.03. The number of nitrogens with zero attached hydrogens (tertiary/aromatic N) is 1. The molecule has 1 fully saturated rings. The summed E-state index contributed by atoms with van der Waals surface area (Å²) in [7, 11) is 0. The van der Waals surface area contributed by atoms with Crippen molar-refractivity contribution < 1.29 is 4.79 Å². The maximum Gasteiger partial charge on any atom is 0.223 e. The summed E-state index contributed by atoms with van der Waals surface area (Å²) in [6, 6.07) is 0. The Balaban J connectivity index is 2.61. The summed E-state index contributed by atoms with van der Waals surface area (Å²) in [5.74, 6) is 0.964. The van der Waals surface area contributed by atoms with Crippen LogP contribution in [0.25, 0.3) is 0 Å². The van der Waals surface area contributed by atoms with E-state index in [1.807, 2.05) is 0 Å². The van der Waals surface area contributed by atoms with E-state index in [4.69, 9.17) is 5.73 Å². The van der Waals surface area contributed by atoms with E-state index in [9.17, 15) is 4.79 Å². The van der Waals surface area contributed by atoms with Crippen LogP contribution in [0, 0.1) is 11.3 Å². The second kappa shape index (κ2) is 8.66. The second-order valence-corrected chi connectivity index (χ2v) is 6.56. The number of carbonyl (C=O) groups is 1. The summed E-state index contributed by atoms with van der Waals surface area (Å²) < 4.78 is 0. The van der Waals surface area contributed by atoms with Crippen molar-refractivity contribution in [3.05, 3.63) is 0 Å². The van der Waals surface area contributed by atoms with E-state index >= 15 is 0 Å². The maximum atomic E-state index is 12.6. The van der Waals surface area contributed by atoms with Crippen LogP contribution in [0.4, 0.5) is 0 Å². The Morgan fingerprint density at radius 3 is 2.20 bits per heavy atom. The van der Waals surface area contributed by atoms with Crippen LogP contribution in [0.1, 0.15) is 72.1 Å². The highest BCUT2D eigenvalue weighted by atomic mass is 16.2. The van der Waals surface area contributed by atoms with Gasteiger partial charge in [-0.3, -0.25) is 4.79 Å². The van der Waals surface area contributed by atoms with Crippen molar-refractivity contribution in [2.75, 3.05) is 19.6 Å².